The molecule has 64 valence electrons. The van der Waals surface area contributed by atoms with E-state index in [2.05, 4.69) is 19.1 Å². The third kappa shape index (κ3) is 3.57. The number of rotatable bonds is 4. The molecule has 0 bridgehead atoms. The summed E-state index contributed by atoms with van der Waals surface area (Å²) in [7, 11) is 0. The van der Waals surface area contributed by atoms with Crippen LogP contribution in [0.5, 0.6) is 0 Å². The molecule has 11 heavy (non-hydrogen) atoms. The summed E-state index contributed by atoms with van der Waals surface area (Å²) >= 11 is 0. The third-order valence-electron chi connectivity index (χ3n) is 2.08. The van der Waals surface area contributed by atoms with Gasteiger partial charge in [0.15, 0.2) is 0 Å². The van der Waals surface area contributed by atoms with Gasteiger partial charge in [-0.25, -0.2) is 0 Å². The Hall–Kier alpha value is -0.300. The highest BCUT2D eigenvalue weighted by Crippen LogP contribution is 2.17. The van der Waals surface area contributed by atoms with Gasteiger partial charge in [-0.05, 0) is 31.6 Å². The molecule has 0 aromatic rings. The van der Waals surface area contributed by atoms with Crippen LogP contribution in [0, 0.1) is 5.92 Å². The van der Waals surface area contributed by atoms with E-state index >= 15 is 0 Å². The molecule has 1 nitrogen and oxygen atoms in total. The normalized spacial score (nSPS) is 23.9. The maximum Gasteiger partial charge on any atom is 0.0497 e. The highest BCUT2D eigenvalue weighted by Gasteiger charge is 2.08. The molecule has 1 aliphatic carbocycles. The molecule has 1 aliphatic rings. The van der Waals surface area contributed by atoms with Crippen LogP contribution < -0.4 is 0 Å². The first-order valence-corrected chi connectivity index (χ1v) is 4.66. The summed E-state index contributed by atoms with van der Waals surface area (Å²) in [5, 5.41) is 0. The van der Waals surface area contributed by atoms with Crippen molar-refractivity contribution in [1.29, 1.82) is 0 Å². The van der Waals surface area contributed by atoms with Crippen molar-refractivity contribution >= 4 is 0 Å². The SMILES string of the molecule is CCCOC[C@@H]1CC=CCC1. The Balaban J connectivity index is 2.02. The van der Waals surface area contributed by atoms with E-state index < -0.39 is 0 Å². The summed E-state index contributed by atoms with van der Waals surface area (Å²) in [5.74, 6) is 0.798. The molecule has 0 heterocycles. The van der Waals surface area contributed by atoms with Crippen LogP contribution in [-0.4, -0.2) is 13.2 Å². The number of allylic oxidation sites excluding steroid dienone is 2. The number of hydrogen-bond acceptors (Lipinski definition) is 1. The summed E-state index contributed by atoms with van der Waals surface area (Å²) < 4.78 is 5.49. The van der Waals surface area contributed by atoms with Gasteiger partial charge >= 0.3 is 0 Å². The van der Waals surface area contributed by atoms with Gasteiger partial charge in [-0.1, -0.05) is 19.1 Å². The summed E-state index contributed by atoms with van der Waals surface area (Å²) in [6.07, 6.45) is 9.49. The van der Waals surface area contributed by atoms with Crippen molar-refractivity contribution in [1.82, 2.24) is 0 Å². The Morgan fingerprint density at radius 1 is 1.45 bits per heavy atom. The third-order valence-corrected chi connectivity index (χ3v) is 2.08. The van der Waals surface area contributed by atoms with Crippen molar-refractivity contribution in [3.05, 3.63) is 12.2 Å². The molecule has 0 saturated carbocycles. The largest absolute Gasteiger partial charge is 0.381 e. The van der Waals surface area contributed by atoms with Crippen LogP contribution in [0.15, 0.2) is 12.2 Å². The van der Waals surface area contributed by atoms with Gasteiger partial charge in [0.25, 0.3) is 0 Å². The molecular weight excluding hydrogens is 136 g/mol. The molecule has 0 unspecified atom stereocenters. The van der Waals surface area contributed by atoms with Gasteiger partial charge in [-0.2, -0.15) is 0 Å². The molecule has 0 amide bonds. The van der Waals surface area contributed by atoms with Crippen molar-refractivity contribution in [2.24, 2.45) is 5.92 Å². The van der Waals surface area contributed by atoms with Crippen molar-refractivity contribution in [3.63, 3.8) is 0 Å². The lowest BCUT2D eigenvalue weighted by molar-refractivity contribution is 0.0966. The predicted octanol–water partition coefficient (Wildman–Crippen LogP) is 2.77. The minimum absolute atomic E-state index is 0.798. The van der Waals surface area contributed by atoms with E-state index in [1.807, 2.05) is 0 Å². The lowest BCUT2D eigenvalue weighted by Crippen LogP contribution is -2.11. The van der Waals surface area contributed by atoms with Crippen molar-refractivity contribution in [3.8, 4) is 0 Å². The standard InChI is InChI=1S/C10H18O/c1-2-8-11-9-10-6-4-3-5-7-10/h3-4,10H,2,5-9H2,1H3/t10-/m1/s1. The minimum Gasteiger partial charge on any atom is -0.381 e. The van der Waals surface area contributed by atoms with E-state index in [0.717, 1.165) is 25.6 Å². The molecule has 0 saturated heterocycles. The zero-order valence-corrected chi connectivity index (χ0v) is 7.38. The molecule has 1 rings (SSSR count). The zero-order valence-electron chi connectivity index (χ0n) is 7.38. The molecule has 0 N–H and O–H groups in total. The Morgan fingerprint density at radius 2 is 2.36 bits per heavy atom. The topological polar surface area (TPSA) is 9.23 Å². The molecule has 0 aromatic carbocycles. The average molecular weight is 154 g/mol. The predicted molar refractivity (Wildman–Crippen MR) is 47.6 cm³/mol. The van der Waals surface area contributed by atoms with Crippen LogP contribution in [0.3, 0.4) is 0 Å². The first-order valence-electron chi connectivity index (χ1n) is 4.66. The summed E-state index contributed by atoms with van der Waals surface area (Å²) in [6, 6.07) is 0. The van der Waals surface area contributed by atoms with Crippen LogP contribution >= 0.6 is 0 Å². The highest BCUT2D eigenvalue weighted by molar-refractivity contribution is 4.89. The Bertz CT molecular complexity index is 118. The Morgan fingerprint density at radius 3 is 3.00 bits per heavy atom. The average Bonchev–Trinajstić information content (AvgIpc) is 2.07. The van der Waals surface area contributed by atoms with Gasteiger partial charge in [-0.15, -0.1) is 0 Å². The van der Waals surface area contributed by atoms with E-state index in [0.29, 0.717) is 0 Å². The van der Waals surface area contributed by atoms with E-state index in [-0.39, 0.29) is 0 Å². The Kier molecular flexibility index (Phi) is 4.29. The summed E-state index contributed by atoms with van der Waals surface area (Å²) in [4.78, 5) is 0. The lowest BCUT2D eigenvalue weighted by Gasteiger charge is -2.17. The molecular formula is C10H18O. The van der Waals surface area contributed by atoms with Crippen LogP contribution in [-0.2, 0) is 4.74 Å². The van der Waals surface area contributed by atoms with E-state index in [1.165, 1.54) is 19.3 Å². The summed E-state index contributed by atoms with van der Waals surface area (Å²) in [5.41, 5.74) is 0. The van der Waals surface area contributed by atoms with Crippen LogP contribution in [0.1, 0.15) is 32.6 Å². The second-order valence-electron chi connectivity index (χ2n) is 3.23. The Labute approximate surface area is 69.4 Å². The molecule has 0 spiro atoms. The fraction of sp³-hybridized carbons (Fsp3) is 0.800. The maximum atomic E-state index is 5.49. The van der Waals surface area contributed by atoms with E-state index in [9.17, 15) is 0 Å². The lowest BCUT2D eigenvalue weighted by atomic mass is 9.95. The van der Waals surface area contributed by atoms with Crippen LogP contribution in [0.4, 0.5) is 0 Å². The van der Waals surface area contributed by atoms with Gasteiger partial charge in [0.05, 0.1) is 0 Å². The quantitative estimate of drug-likeness (QED) is 0.447. The van der Waals surface area contributed by atoms with E-state index in [4.69, 9.17) is 4.74 Å². The second kappa shape index (κ2) is 5.36. The molecule has 0 aliphatic heterocycles. The molecule has 0 aromatic heterocycles. The highest BCUT2D eigenvalue weighted by atomic mass is 16.5. The molecule has 0 fully saturated rings. The van der Waals surface area contributed by atoms with Gasteiger partial charge in [-0.3, -0.25) is 0 Å². The van der Waals surface area contributed by atoms with Crippen LogP contribution in [0.25, 0.3) is 0 Å². The first-order chi connectivity index (χ1) is 5.43. The van der Waals surface area contributed by atoms with Gasteiger partial charge < -0.3 is 4.74 Å². The molecule has 1 heteroatoms. The zero-order chi connectivity index (χ0) is 7.94. The van der Waals surface area contributed by atoms with Crippen molar-refractivity contribution in [2.75, 3.05) is 13.2 Å². The smallest absolute Gasteiger partial charge is 0.0497 e. The molecule has 0 radical (unpaired) electrons. The fourth-order valence-electron chi connectivity index (χ4n) is 1.40. The summed E-state index contributed by atoms with van der Waals surface area (Å²) in [6.45, 7) is 4.05. The van der Waals surface area contributed by atoms with Gasteiger partial charge in [0.2, 0.25) is 0 Å². The number of hydrogen-bond donors (Lipinski definition) is 0. The fourth-order valence-corrected chi connectivity index (χ4v) is 1.40. The maximum absolute atomic E-state index is 5.49. The molecule has 1 atom stereocenters. The monoisotopic (exact) mass is 154 g/mol. The van der Waals surface area contributed by atoms with Crippen molar-refractivity contribution < 1.29 is 4.74 Å². The van der Waals surface area contributed by atoms with Crippen LogP contribution in [0.2, 0.25) is 0 Å². The van der Waals surface area contributed by atoms with E-state index in [1.54, 1.807) is 0 Å². The minimum atomic E-state index is 0.798. The van der Waals surface area contributed by atoms with Crippen molar-refractivity contribution in [2.45, 2.75) is 32.6 Å². The second-order valence-corrected chi connectivity index (χ2v) is 3.23. The van der Waals surface area contributed by atoms with Gasteiger partial charge in [0, 0.05) is 13.2 Å². The first kappa shape index (κ1) is 8.79. The van der Waals surface area contributed by atoms with Gasteiger partial charge in [0.1, 0.15) is 0 Å². The number of ether oxygens (including phenoxy) is 1.